The normalized spacial score (nSPS) is 11.9. The van der Waals surface area contributed by atoms with Crippen LogP contribution < -0.4 is 0 Å². The van der Waals surface area contributed by atoms with Crippen molar-refractivity contribution in [3.8, 4) is 51.0 Å². The Bertz CT molecular complexity index is 3530. The first kappa shape index (κ1) is 31.5. The summed E-state index contributed by atoms with van der Waals surface area (Å²) < 4.78 is 15.1. The Balaban J connectivity index is 1.02. The number of nitrogens with zero attached hydrogens (tertiary/aromatic N) is 4. The Labute approximate surface area is 325 Å². The number of benzene rings is 8. The van der Waals surface area contributed by atoms with Gasteiger partial charge < -0.3 is 13.4 Å². The summed E-state index contributed by atoms with van der Waals surface area (Å²) in [6, 6.07) is 62.7. The van der Waals surface area contributed by atoms with Crippen molar-refractivity contribution in [2.24, 2.45) is 0 Å². The lowest BCUT2D eigenvalue weighted by Crippen LogP contribution is -2.00. The highest BCUT2D eigenvalue weighted by molar-refractivity contribution is 6.13. The van der Waals surface area contributed by atoms with E-state index < -0.39 is 0 Å². The van der Waals surface area contributed by atoms with Crippen LogP contribution in [-0.2, 0) is 0 Å². The van der Waals surface area contributed by atoms with E-state index in [0.717, 1.165) is 99.2 Å². The van der Waals surface area contributed by atoms with Gasteiger partial charge in [0.05, 0.1) is 11.0 Å². The van der Waals surface area contributed by atoms with Gasteiger partial charge in [0.15, 0.2) is 17.5 Å². The number of para-hydroxylation sites is 3. The Morgan fingerprint density at radius 2 is 0.947 bits per heavy atom. The van der Waals surface area contributed by atoms with Crippen LogP contribution in [-0.4, -0.2) is 19.5 Å². The second-order valence-corrected chi connectivity index (χ2v) is 14.4. The third-order valence-electron chi connectivity index (χ3n) is 11.1. The van der Waals surface area contributed by atoms with E-state index in [4.69, 9.17) is 23.8 Å². The van der Waals surface area contributed by atoms with E-state index in [1.807, 2.05) is 60.7 Å². The van der Waals surface area contributed by atoms with Crippen LogP contribution in [0.5, 0.6) is 0 Å². The summed E-state index contributed by atoms with van der Waals surface area (Å²) in [4.78, 5) is 15.2. The molecule has 8 aromatic carbocycles. The zero-order valence-corrected chi connectivity index (χ0v) is 30.4. The summed E-state index contributed by atoms with van der Waals surface area (Å²) in [5, 5.41) is 6.57. The Kier molecular flexibility index (Phi) is 6.83. The van der Waals surface area contributed by atoms with Gasteiger partial charge in [0.1, 0.15) is 22.3 Å². The summed E-state index contributed by atoms with van der Waals surface area (Å²) in [5.74, 6) is 1.79. The molecule has 12 aromatic rings. The predicted molar refractivity (Wildman–Crippen MR) is 230 cm³/mol. The van der Waals surface area contributed by atoms with Gasteiger partial charge in [-0.15, -0.1) is 0 Å². The lowest BCUT2D eigenvalue weighted by atomic mass is 10.0. The molecule has 0 saturated carbocycles. The first-order chi connectivity index (χ1) is 28.2. The smallest absolute Gasteiger partial charge is 0.164 e. The fourth-order valence-corrected chi connectivity index (χ4v) is 8.38. The highest BCUT2D eigenvalue weighted by Crippen LogP contribution is 2.40. The van der Waals surface area contributed by atoms with Gasteiger partial charge in [0.25, 0.3) is 0 Å². The molecule has 6 nitrogen and oxygen atoms in total. The summed E-state index contributed by atoms with van der Waals surface area (Å²) in [6.07, 6.45) is 0. The number of aromatic nitrogens is 4. The number of furan rings is 2. The molecule has 6 heteroatoms. The van der Waals surface area contributed by atoms with Crippen LogP contribution in [0.15, 0.2) is 191 Å². The molecule has 266 valence electrons. The lowest BCUT2D eigenvalue weighted by molar-refractivity contribution is 0.669. The largest absolute Gasteiger partial charge is 0.456 e. The molecule has 0 unspecified atom stereocenters. The zero-order chi connectivity index (χ0) is 37.5. The minimum atomic E-state index is 0.583. The minimum absolute atomic E-state index is 0.583. The number of hydrogen-bond donors (Lipinski definition) is 0. The van der Waals surface area contributed by atoms with Gasteiger partial charge in [-0.05, 0) is 66.2 Å². The van der Waals surface area contributed by atoms with Crippen molar-refractivity contribution in [1.82, 2.24) is 19.5 Å². The lowest BCUT2D eigenvalue weighted by Gasteiger charge is -2.10. The van der Waals surface area contributed by atoms with Crippen LogP contribution in [0.25, 0.3) is 117 Å². The van der Waals surface area contributed by atoms with E-state index >= 15 is 0 Å². The summed E-state index contributed by atoms with van der Waals surface area (Å²) in [7, 11) is 0. The van der Waals surface area contributed by atoms with Gasteiger partial charge in [-0.2, -0.15) is 0 Å². The standard InChI is InChI=1S/C51H30N4O2/c1-3-12-31(13-4-1)36-18-11-19-40-42-30-35(24-27-46(42)57-48(36)40)55-43-20-9-7-16-37(43)41-28-33(23-26-44(41)55)50-52-49(32-14-5-2-6-15-32)53-51(54-50)34-22-25-39-38-17-8-10-21-45(38)56-47(39)29-34/h1-30H. The molecule has 0 radical (unpaired) electrons. The van der Waals surface area contributed by atoms with Crippen molar-refractivity contribution in [1.29, 1.82) is 0 Å². The Hall–Kier alpha value is -7.83. The van der Waals surface area contributed by atoms with E-state index in [0.29, 0.717) is 17.5 Å². The van der Waals surface area contributed by atoms with Crippen molar-refractivity contribution < 1.29 is 8.83 Å². The monoisotopic (exact) mass is 730 g/mol. The van der Waals surface area contributed by atoms with E-state index in [9.17, 15) is 0 Å². The predicted octanol–water partition coefficient (Wildman–Crippen LogP) is 13.4. The molecule has 0 saturated heterocycles. The summed E-state index contributed by atoms with van der Waals surface area (Å²) in [6.45, 7) is 0. The SMILES string of the molecule is c1ccc(-c2nc(-c3ccc4c(c3)oc3ccccc34)nc(-c3ccc4c(c3)c3ccccc3n4-c3ccc4oc5c(-c6ccccc6)cccc5c4c3)n2)cc1. The highest BCUT2D eigenvalue weighted by Gasteiger charge is 2.19. The van der Waals surface area contributed by atoms with Gasteiger partial charge in [-0.1, -0.05) is 121 Å². The van der Waals surface area contributed by atoms with Crippen LogP contribution in [0, 0.1) is 0 Å². The van der Waals surface area contributed by atoms with Crippen LogP contribution in [0.2, 0.25) is 0 Å². The molecule has 0 fully saturated rings. The number of fused-ring (bicyclic) bond motifs is 9. The first-order valence-corrected chi connectivity index (χ1v) is 19.0. The number of hydrogen-bond acceptors (Lipinski definition) is 5. The fraction of sp³-hybridized carbons (Fsp3) is 0. The average Bonchev–Trinajstić information content (AvgIpc) is 3.95. The van der Waals surface area contributed by atoms with Gasteiger partial charge >= 0.3 is 0 Å². The van der Waals surface area contributed by atoms with E-state index in [2.05, 4.69) is 126 Å². The molecule has 0 N–H and O–H groups in total. The van der Waals surface area contributed by atoms with Crippen molar-refractivity contribution in [2.75, 3.05) is 0 Å². The third-order valence-corrected chi connectivity index (χ3v) is 11.1. The zero-order valence-electron chi connectivity index (χ0n) is 30.4. The third kappa shape index (κ3) is 5.01. The topological polar surface area (TPSA) is 69.9 Å². The van der Waals surface area contributed by atoms with Gasteiger partial charge in [-0.25, -0.2) is 15.0 Å². The summed E-state index contributed by atoms with van der Waals surface area (Å²) in [5.41, 5.74) is 11.6. The minimum Gasteiger partial charge on any atom is -0.456 e. The van der Waals surface area contributed by atoms with Crippen LogP contribution in [0.1, 0.15) is 0 Å². The van der Waals surface area contributed by atoms with Crippen LogP contribution in [0.3, 0.4) is 0 Å². The quantitative estimate of drug-likeness (QED) is 0.176. The molecule has 12 rings (SSSR count). The molecule has 0 spiro atoms. The molecular weight excluding hydrogens is 701 g/mol. The van der Waals surface area contributed by atoms with Crippen molar-refractivity contribution >= 4 is 65.7 Å². The molecule has 57 heavy (non-hydrogen) atoms. The van der Waals surface area contributed by atoms with E-state index in [-0.39, 0.29) is 0 Å². The molecule has 4 heterocycles. The second-order valence-electron chi connectivity index (χ2n) is 14.4. The highest BCUT2D eigenvalue weighted by atomic mass is 16.3. The van der Waals surface area contributed by atoms with Crippen molar-refractivity contribution in [3.63, 3.8) is 0 Å². The van der Waals surface area contributed by atoms with Crippen molar-refractivity contribution in [3.05, 3.63) is 182 Å². The molecule has 0 aliphatic heterocycles. The molecular formula is C51H30N4O2. The fourth-order valence-electron chi connectivity index (χ4n) is 8.38. The Morgan fingerprint density at radius 1 is 0.333 bits per heavy atom. The molecule has 0 bridgehead atoms. The van der Waals surface area contributed by atoms with E-state index in [1.54, 1.807) is 0 Å². The maximum absolute atomic E-state index is 6.53. The number of rotatable bonds is 5. The van der Waals surface area contributed by atoms with E-state index in [1.165, 1.54) is 0 Å². The summed E-state index contributed by atoms with van der Waals surface area (Å²) >= 11 is 0. The first-order valence-electron chi connectivity index (χ1n) is 19.0. The van der Waals surface area contributed by atoms with Crippen LogP contribution >= 0.6 is 0 Å². The average molecular weight is 731 g/mol. The van der Waals surface area contributed by atoms with Gasteiger partial charge in [0.2, 0.25) is 0 Å². The molecule has 0 amide bonds. The van der Waals surface area contributed by atoms with Crippen molar-refractivity contribution in [2.45, 2.75) is 0 Å². The van der Waals surface area contributed by atoms with Gasteiger partial charge in [0, 0.05) is 60.3 Å². The maximum atomic E-state index is 6.53. The Morgan fingerprint density at radius 3 is 1.77 bits per heavy atom. The maximum Gasteiger partial charge on any atom is 0.164 e. The molecule has 0 atom stereocenters. The molecule has 0 aliphatic rings. The van der Waals surface area contributed by atoms with Crippen LogP contribution in [0.4, 0.5) is 0 Å². The molecule has 4 aromatic heterocycles. The second kappa shape index (κ2) is 12.3. The van der Waals surface area contributed by atoms with Gasteiger partial charge in [-0.3, -0.25) is 0 Å². The molecule has 0 aliphatic carbocycles.